The second-order valence-electron chi connectivity index (χ2n) is 5.20. The Morgan fingerprint density at radius 2 is 0.433 bits per heavy atom. The van der Waals surface area contributed by atoms with Crippen molar-refractivity contribution in [1.29, 1.82) is 0 Å². The van der Waals surface area contributed by atoms with Gasteiger partial charge in [-0.25, -0.2) is 28.8 Å². The average molecular weight is 426 g/mol. The lowest BCUT2D eigenvalue weighted by molar-refractivity contribution is 0.0492. The van der Waals surface area contributed by atoms with Crippen LogP contribution in [0.4, 0.5) is 0 Å². The molecule has 0 fully saturated rings. The topological polar surface area (TPSA) is 158 Å². The molecule has 12 heteroatoms. The molecular weight excluding hydrogens is 408 g/mol. The molecule has 0 spiro atoms. The summed E-state index contributed by atoms with van der Waals surface area (Å²) in [7, 11) is 5.47. The van der Waals surface area contributed by atoms with Crippen LogP contribution in [0.2, 0.25) is 0 Å². The van der Waals surface area contributed by atoms with E-state index in [1.165, 1.54) is 0 Å². The van der Waals surface area contributed by atoms with E-state index in [0.29, 0.717) is 0 Å². The molecule has 0 saturated heterocycles. The molecule has 1 rings (SSSR count). The van der Waals surface area contributed by atoms with Crippen LogP contribution in [0, 0.1) is 0 Å². The molecule has 0 aliphatic rings. The van der Waals surface area contributed by atoms with Crippen LogP contribution in [-0.2, 0) is 28.4 Å². The van der Waals surface area contributed by atoms with Crippen molar-refractivity contribution < 1.29 is 57.2 Å². The molecule has 0 unspecified atom stereocenters. The lowest BCUT2D eigenvalue weighted by Gasteiger charge is -2.20. The Morgan fingerprint density at radius 3 is 0.500 bits per heavy atom. The summed E-state index contributed by atoms with van der Waals surface area (Å²) in [6, 6.07) is 0. The molecule has 0 atom stereocenters. The molecule has 30 heavy (non-hydrogen) atoms. The number of rotatable bonds is 6. The van der Waals surface area contributed by atoms with Gasteiger partial charge in [0.2, 0.25) is 0 Å². The fourth-order valence-electron chi connectivity index (χ4n) is 2.59. The lowest BCUT2D eigenvalue weighted by Crippen LogP contribution is -2.30. The van der Waals surface area contributed by atoms with Crippen molar-refractivity contribution in [2.24, 2.45) is 0 Å². The zero-order valence-electron chi connectivity index (χ0n) is 16.9. The Kier molecular flexibility index (Phi) is 8.03. The van der Waals surface area contributed by atoms with E-state index in [0.717, 1.165) is 42.7 Å². The van der Waals surface area contributed by atoms with E-state index in [1.807, 2.05) is 0 Å². The minimum absolute atomic E-state index is 0.871. The summed E-state index contributed by atoms with van der Waals surface area (Å²) in [6.45, 7) is 0. The summed E-state index contributed by atoms with van der Waals surface area (Å²) in [5.74, 6) is -7.90. The first-order valence-electron chi connectivity index (χ1n) is 7.90. The molecule has 12 nitrogen and oxygen atoms in total. The van der Waals surface area contributed by atoms with Crippen LogP contribution in [-0.4, -0.2) is 78.5 Å². The van der Waals surface area contributed by atoms with E-state index in [2.05, 4.69) is 28.4 Å². The van der Waals surface area contributed by atoms with Gasteiger partial charge in [-0.15, -0.1) is 0 Å². The highest BCUT2D eigenvalue weighted by Gasteiger charge is 2.42. The summed E-state index contributed by atoms with van der Waals surface area (Å²) in [6.07, 6.45) is 0. The quantitative estimate of drug-likeness (QED) is 0.456. The van der Waals surface area contributed by atoms with Gasteiger partial charge in [-0.2, -0.15) is 0 Å². The van der Waals surface area contributed by atoms with Crippen LogP contribution in [0.15, 0.2) is 0 Å². The van der Waals surface area contributed by atoms with Crippen molar-refractivity contribution in [1.82, 2.24) is 0 Å². The SMILES string of the molecule is COC(=O)c1c(C(=O)OC)c(C(=O)OC)c(C(=O)OC)c(C(=O)OC)c1C(=O)OC. The highest BCUT2D eigenvalue weighted by molar-refractivity contribution is 6.24. The predicted octanol–water partition coefficient (Wildman–Crippen LogP) is 0.406. The van der Waals surface area contributed by atoms with Crippen LogP contribution in [0.3, 0.4) is 0 Å². The maximum atomic E-state index is 12.5. The lowest BCUT2D eigenvalue weighted by atomic mass is 9.85. The van der Waals surface area contributed by atoms with Gasteiger partial charge in [-0.3, -0.25) is 0 Å². The maximum Gasteiger partial charge on any atom is 0.339 e. The molecule has 1 aromatic carbocycles. The van der Waals surface area contributed by atoms with E-state index >= 15 is 0 Å². The summed E-state index contributed by atoms with van der Waals surface area (Å²) >= 11 is 0. The summed E-state index contributed by atoms with van der Waals surface area (Å²) < 4.78 is 27.6. The molecule has 1 aromatic rings. The number of benzene rings is 1. The number of ether oxygens (including phenoxy) is 6. The Labute approximate surface area is 169 Å². The summed E-state index contributed by atoms with van der Waals surface area (Å²) in [5.41, 5.74) is -5.22. The monoisotopic (exact) mass is 426 g/mol. The minimum atomic E-state index is -1.32. The van der Waals surface area contributed by atoms with Gasteiger partial charge in [0.05, 0.1) is 76.0 Å². The molecular formula is C18H18O12. The predicted molar refractivity (Wildman–Crippen MR) is 94.5 cm³/mol. The number of hydrogen-bond acceptors (Lipinski definition) is 12. The molecule has 0 aliphatic heterocycles. The number of esters is 6. The Hall–Kier alpha value is -3.96. The zero-order valence-corrected chi connectivity index (χ0v) is 16.9. The van der Waals surface area contributed by atoms with Crippen LogP contribution < -0.4 is 0 Å². The first kappa shape index (κ1) is 24.1. The molecule has 0 aromatic heterocycles. The van der Waals surface area contributed by atoms with E-state index < -0.39 is 69.2 Å². The molecule has 162 valence electrons. The number of hydrogen-bond donors (Lipinski definition) is 0. The average Bonchev–Trinajstić information content (AvgIpc) is 2.78. The Balaban J connectivity index is 4.61. The third-order valence-electron chi connectivity index (χ3n) is 3.84. The number of carbonyl (C=O) groups is 6. The molecule has 0 aliphatic carbocycles. The first-order valence-corrected chi connectivity index (χ1v) is 7.90. The number of carbonyl (C=O) groups excluding carboxylic acids is 6. The first-order chi connectivity index (χ1) is 14.2. The maximum absolute atomic E-state index is 12.5. The summed E-state index contributed by atoms with van der Waals surface area (Å²) in [5, 5.41) is 0. The fourth-order valence-corrected chi connectivity index (χ4v) is 2.59. The van der Waals surface area contributed by atoms with Crippen molar-refractivity contribution >= 4 is 35.8 Å². The third kappa shape index (κ3) is 4.06. The molecule has 0 saturated carbocycles. The van der Waals surface area contributed by atoms with E-state index in [1.54, 1.807) is 0 Å². The van der Waals surface area contributed by atoms with Crippen LogP contribution in [0.5, 0.6) is 0 Å². The van der Waals surface area contributed by atoms with Crippen molar-refractivity contribution in [3.63, 3.8) is 0 Å². The molecule has 0 heterocycles. The molecule has 0 amide bonds. The standard InChI is InChI=1S/C18H18O12/c1-25-13(19)7-8(14(20)26-2)10(16(22)28-4)12(18(24)30-6)11(17(23)29-5)9(7)15(21)27-3/h1-6H3. The highest BCUT2D eigenvalue weighted by atomic mass is 16.5. The van der Waals surface area contributed by atoms with E-state index in [4.69, 9.17) is 0 Å². The van der Waals surface area contributed by atoms with Gasteiger partial charge in [0.15, 0.2) is 0 Å². The normalized spacial score (nSPS) is 9.80. The van der Waals surface area contributed by atoms with Gasteiger partial charge >= 0.3 is 35.8 Å². The second kappa shape index (κ2) is 10.0. The fraction of sp³-hybridized carbons (Fsp3) is 0.333. The molecule has 0 bridgehead atoms. The van der Waals surface area contributed by atoms with E-state index in [9.17, 15) is 28.8 Å². The third-order valence-corrected chi connectivity index (χ3v) is 3.84. The smallest absolute Gasteiger partial charge is 0.339 e. The Morgan fingerprint density at radius 1 is 0.333 bits per heavy atom. The van der Waals surface area contributed by atoms with Gasteiger partial charge in [0, 0.05) is 0 Å². The largest absolute Gasteiger partial charge is 0.465 e. The minimum Gasteiger partial charge on any atom is -0.465 e. The Bertz CT molecular complexity index is 714. The van der Waals surface area contributed by atoms with Gasteiger partial charge in [0.1, 0.15) is 0 Å². The number of methoxy groups -OCH3 is 6. The highest BCUT2D eigenvalue weighted by Crippen LogP contribution is 2.32. The van der Waals surface area contributed by atoms with Crippen LogP contribution in [0.25, 0.3) is 0 Å². The van der Waals surface area contributed by atoms with Crippen LogP contribution >= 0.6 is 0 Å². The molecule has 0 radical (unpaired) electrons. The van der Waals surface area contributed by atoms with Crippen molar-refractivity contribution in [3.8, 4) is 0 Å². The summed E-state index contributed by atoms with van der Waals surface area (Å²) in [4.78, 5) is 75.1. The van der Waals surface area contributed by atoms with Gasteiger partial charge in [-0.1, -0.05) is 0 Å². The van der Waals surface area contributed by atoms with Crippen LogP contribution in [0.1, 0.15) is 62.1 Å². The second-order valence-corrected chi connectivity index (χ2v) is 5.20. The van der Waals surface area contributed by atoms with Gasteiger partial charge in [-0.05, 0) is 0 Å². The van der Waals surface area contributed by atoms with Gasteiger partial charge in [0.25, 0.3) is 0 Å². The van der Waals surface area contributed by atoms with Crippen molar-refractivity contribution in [2.75, 3.05) is 42.7 Å². The zero-order chi connectivity index (χ0) is 23.2. The van der Waals surface area contributed by atoms with Crippen molar-refractivity contribution in [2.45, 2.75) is 0 Å². The van der Waals surface area contributed by atoms with E-state index in [-0.39, 0.29) is 0 Å². The molecule has 0 N–H and O–H groups in total. The van der Waals surface area contributed by atoms with Crippen molar-refractivity contribution in [3.05, 3.63) is 33.4 Å². The van der Waals surface area contributed by atoms with Gasteiger partial charge < -0.3 is 28.4 Å².